The van der Waals surface area contributed by atoms with Gasteiger partial charge in [-0.3, -0.25) is 9.88 Å². The van der Waals surface area contributed by atoms with Crippen LogP contribution in [0, 0.1) is 6.92 Å². The zero-order valence-corrected chi connectivity index (χ0v) is 13.4. The normalized spacial score (nSPS) is 18.8. The molecule has 23 heavy (non-hydrogen) atoms. The number of aromatic nitrogens is 3. The minimum absolute atomic E-state index is 0.162. The molecular formula is C17H20N4O2. The number of piperidine rings is 1. The number of hydrogen-bond donors (Lipinski definition) is 1. The first-order valence-corrected chi connectivity index (χ1v) is 7.79. The number of nitrogens with zero attached hydrogens (tertiary/aromatic N) is 4. The van der Waals surface area contributed by atoms with Crippen LogP contribution in [0.25, 0.3) is 11.3 Å². The van der Waals surface area contributed by atoms with Crippen LogP contribution in [0.15, 0.2) is 24.5 Å². The third-order valence-electron chi connectivity index (χ3n) is 4.22. The minimum atomic E-state index is -0.989. The summed E-state index contributed by atoms with van der Waals surface area (Å²) < 4.78 is 0. The smallest absolute Gasteiger partial charge is 0.337 e. The van der Waals surface area contributed by atoms with Crippen LogP contribution in [0.1, 0.15) is 47.2 Å². The predicted octanol–water partition coefficient (Wildman–Crippen LogP) is 2.70. The molecule has 2 aromatic heterocycles. The molecule has 1 atom stereocenters. The Kier molecular flexibility index (Phi) is 4.34. The van der Waals surface area contributed by atoms with Crippen LogP contribution in [0.4, 0.5) is 0 Å². The van der Waals surface area contributed by atoms with Gasteiger partial charge in [-0.25, -0.2) is 14.8 Å². The van der Waals surface area contributed by atoms with Crippen LogP contribution in [0.2, 0.25) is 0 Å². The van der Waals surface area contributed by atoms with Gasteiger partial charge in [0.1, 0.15) is 5.82 Å². The molecule has 0 saturated carbocycles. The van der Waals surface area contributed by atoms with Crippen LogP contribution in [0.5, 0.6) is 0 Å². The van der Waals surface area contributed by atoms with Crippen molar-refractivity contribution in [2.24, 2.45) is 0 Å². The number of aryl methyl sites for hydroxylation is 1. The molecule has 1 aliphatic rings. The fourth-order valence-corrected chi connectivity index (χ4v) is 2.99. The fraction of sp³-hybridized carbons (Fsp3) is 0.412. The van der Waals surface area contributed by atoms with Crippen LogP contribution in [0.3, 0.4) is 0 Å². The van der Waals surface area contributed by atoms with Crippen LogP contribution in [-0.2, 0) is 0 Å². The SMILES string of the molecule is Cc1cc(-c2cncc(C(=O)O)c2)nc([C@@H]2CCCCN2C)n1. The van der Waals surface area contributed by atoms with Crippen LogP contribution < -0.4 is 0 Å². The maximum absolute atomic E-state index is 11.1. The first-order valence-electron chi connectivity index (χ1n) is 7.79. The summed E-state index contributed by atoms with van der Waals surface area (Å²) in [5.41, 5.74) is 2.47. The Morgan fingerprint density at radius 2 is 2.09 bits per heavy atom. The zero-order chi connectivity index (χ0) is 16.4. The number of carbonyl (C=O) groups is 1. The second-order valence-corrected chi connectivity index (χ2v) is 6.01. The lowest BCUT2D eigenvalue weighted by atomic mass is 10.0. The molecule has 0 unspecified atom stereocenters. The van der Waals surface area contributed by atoms with E-state index in [1.807, 2.05) is 13.0 Å². The van der Waals surface area contributed by atoms with Crippen molar-refractivity contribution in [3.05, 3.63) is 41.6 Å². The third kappa shape index (κ3) is 3.37. The zero-order valence-electron chi connectivity index (χ0n) is 13.4. The summed E-state index contributed by atoms with van der Waals surface area (Å²) in [7, 11) is 2.10. The molecule has 6 heteroatoms. The maximum atomic E-state index is 11.1. The van der Waals surface area contributed by atoms with E-state index < -0.39 is 5.97 Å². The summed E-state index contributed by atoms with van der Waals surface area (Å²) in [4.78, 5) is 26.7. The molecule has 3 heterocycles. The van der Waals surface area contributed by atoms with Gasteiger partial charge >= 0.3 is 5.97 Å². The Balaban J connectivity index is 2.00. The minimum Gasteiger partial charge on any atom is -0.478 e. The van der Waals surface area contributed by atoms with Gasteiger partial charge in [0.25, 0.3) is 0 Å². The number of hydrogen-bond acceptors (Lipinski definition) is 5. The molecule has 1 saturated heterocycles. The molecule has 0 aliphatic carbocycles. The number of carboxylic acid groups (broad SMARTS) is 1. The largest absolute Gasteiger partial charge is 0.478 e. The molecule has 1 aliphatic heterocycles. The van der Waals surface area contributed by atoms with E-state index in [0.29, 0.717) is 5.56 Å². The number of likely N-dealkylation sites (tertiary alicyclic amines) is 1. The van der Waals surface area contributed by atoms with Gasteiger partial charge in [-0.2, -0.15) is 0 Å². The Morgan fingerprint density at radius 3 is 2.83 bits per heavy atom. The van der Waals surface area contributed by atoms with Gasteiger partial charge < -0.3 is 5.11 Å². The maximum Gasteiger partial charge on any atom is 0.337 e. The van der Waals surface area contributed by atoms with E-state index >= 15 is 0 Å². The van der Waals surface area contributed by atoms with E-state index in [1.54, 1.807) is 12.3 Å². The van der Waals surface area contributed by atoms with Crippen molar-refractivity contribution in [1.29, 1.82) is 0 Å². The first-order chi connectivity index (χ1) is 11.0. The lowest BCUT2D eigenvalue weighted by Gasteiger charge is -2.31. The quantitative estimate of drug-likeness (QED) is 0.938. The van der Waals surface area contributed by atoms with Crippen molar-refractivity contribution in [3.8, 4) is 11.3 Å². The molecule has 0 spiro atoms. The molecule has 0 amide bonds. The topological polar surface area (TPSA) is 79.2 Å². The summed E-state index contributed by atoms with van der Waals surface area (Å²) in [5, 5.41) is 9.12. The van der Waals surface area contributed by atoms with E-state index in [1.165, 1.54) is 19.0 Å². The summed E-state index contributed by atoms with van der Waals surface area (Å²) >= 11 is 0. The van der Waals surface area contributed by atoms with Gasteiger partial charge in [0.15, 0.2) is 0 Å². The average Bonchev–Trinajstić information content (AvgIpc) is 2.55. The predicted molar refractivity (Wildman–Crippen MR) is 86.2 cm³/mol. The summed E-state index contributed by atoms with van der Waals surface area (Å²) in [5.74, 6) is -0.180. The van der Waals surface area contributed by atoms with Crippen LogP contribution in [-0.4, -0.2) is 44.5 Å². The number of carboxylic acids is 1. The average molecular weight is 312 g/mol. The fourth-order valence-electron chi connectivity index (χ4n) is 2.99. The van der Waals surface area contributed by atoms with Gasteiger partial charge in [0.05, 0.1) is 17.3 Å². The van der Waals surface area contributed by atoms with E-state index in [4.69, 9.17) is 10.1 Å². The molecule has 0 aromatic carbocycles. The standard InChI is InChI=1S/C17H20N4O2/c1-11-7-14(12-8-13(17(22)23)10-18-9-12)20-16(19-11)15-5-3-4-6-21(15)2/h7-10,15H,3-6H2,1-2H3,(H,22,23)/t15-/m0/s1. The van der Waals surface area contributed by atoms with Crippen molar-refractivity contribution in [2.45, 2.75) is 32.2 Å². The Morgan fingerprint density at radius 1 is 1.26 bits per heavy atom. The summed E-state index contributed by atoms with van der Waals surface area (Å²) in [6, 6.07) is 3.69. The van der Waals surface area contributed by atoms with Gasteiger partial charge in [-0.15, -0.1) is 0 Å². The van der Waals surface area contributed by atoms with Gasteiger partial charge in [-0.1, -0.05) is 6.42 Å². The Bertz CT molecular complexity index is 732. The van der Waals surface area contributed by atoms with Gasteiger partial charge in [0, 0.05) is 23.7 Å². The molecular weight excluding hydrogens is 292 g/mol. The lowest BCUT2D eigenvalue weighted by Crippen LogP contribution is -2.31. The van der Waals surface area contributed by atoms with Crippen molar-refractivity contribution in [3.63, 3.8) is 0 Å². The number of rotatable bonds is 3. The van der Waals surface area contributed by atoms with Crippen molar-refractivity contribution in [2.75, 3.05) is 13.6 Å². The highest BCUT2D eigenvalue weighted by atomic mass is 16.4. The van der Waals surface area contributed by atoms with Crippen molar-refractivity contribution >= 4 is 5.97 Å². The highest BCUT2D eigenvalue weighted by Crippen LogP contribution is 2.29. The molecule has 1 fully saturated rings. The molecule has 3 rings (SSSR count). The first kappa shape index (κ1) is 15.6. The summed E-state index contributed by atoms with van der Waals surface area (Å²) in [6.07, 6.45) is 6.42. The van der Waals surface area contributed by atoms with E-state index in [0.717, 1.165) is 30.2 Å². The molecule has 2 aromatic rings. The van der Waals surface area contributed by atoms with E-state index in [9.17, 15) is 4.79 Å². The van der Waals surface area contributed by atoms with E-state index in [-0.39, 0.29) is 11.6 Å². The second-order valence-electron chi connectivity index (χ2n) is 6.01. The molecule has 1 N–H and O–H groups in total. The monoisotopic (exact) mass is 312 g/mol. The highest BCUT2D eigenvalue weighted by molar-refractivity contribution is 5.88. The number of pyridine rings is 1. The molecule has 0 radical (unpaired) electrons. The summed E-state index contributed by atoms with van der Waals surface area (Å²) in [6.45, 7) is 2.99. The second kappa shape index (κ2) is 6.42. The van der Waals surface area contributed by atoms with E-state index in [2.05, 4.69) is 21.9 Å². The highest BCUT2D eigenvalue weighted by Gasteiger charge is 2.24. The number of aromatic carboxylic acids is 1. The Hall–Kier alpha value is -2.34. The molecule has 0 bridgehead atoms. The van der Waals surface area contributed by atoms with Crippen molar-refractivity contribution < 1.29 is 9.90 Å². The molecule has 6 nitrogen and oxygen atoms in total. The third-order valence-corrected chi connectivity index (χ3v) is 4.22. The Labute approximate surface area is 135 Å². The lowest BCUT2D eigenvalue weighted by molar-refractivity contribution is 0.0696. The molecule has 120 valence electrons. The van der Waals surface area contributed by atoms with Gasteiger partial charge in [-0.05, 0) is 45.5 Å². The van der Waals surface area contributed by atoms with Crippen LogP contribution >= 0.6 is 0 Å². The van der Waals surface area contributed by atoms with Gasteiger partial charge in [0.2, 0.25) is 0 Å². The van der Waals surface area contributed by atoms with Crippen molar-refractivity contribution in [1.82, 2.24) is 19.9 Å².